The van der Waals surface area contributed by atoms with Crippen LogP contribution in [0.2, 0.25) is 0 Å². The Morgan fingerprint density at radius 3 is 2.41 bits per heavy atom. The number of fused-ring (bicyclic) bond motifs is 2. The third-order valence-electron chi connectivity index (χ3n) is 8.83. The van der Waals surface area contributed by atoms with E-state index in [0.717, 1.165) is 27.8 Å². The van der Waals surface area contributed by atoms with Gasteiger partial charge in [0.15, 0.2) is 4.80 Å². The Morgan fingerprint density at radius 1 is 0.922 bits per heavy atom. The number of carbonyl (C=O) groups is 1. The molecule has 6 aromatic rings. The molecule has 0 saturated carbocycles. The zero-order valence-corrected chi connectivity index (χ0v) is 29.6. The summed E-state index contributed by atoms with van der Waals surface area (Å²) >= 11 is 1.27. The number of methoxy groups -OCH3 is 2. The Bertz CT molecular complexity index is 2440. The smallest absolute Gasteiger partial charge is 0.338 e. The first-order valence-corrected chi connectivity index (χ1v) is 17.5. The molecule has 0 saturated heterocycles. The largest absolute Gasteiger partial charge is 0.497 e. The Morgan fingerprint density at radius 2 is 1.67 bits per heavy atom. The van der Waals surface area contributed by atoms with Crippen LogP contribution in [0.15, 0.2) is 119 Å². The van der Waals surface area contributed by atoms with Crippen LogP contribution in [0, 0.1) is 6.92 Å². The number of ether oxygens (including phenoxy) is 4. The predicted octanol–water partition coefficient (Wildman–Crippen LogP) is 6.29. The Kier molecular flexibility index (Phi) is 9.59. The molecule has 0 unspecified atom stereocenters. The maximum absolute atomic E-state index is 14.6. The molecule has 0 aliphatic carbocycles. The van der Waals surface area contributed by atoms with Crippen molar-refractivity contribution >= 4 is 40.0 Å². The number of hydrogen-bond donors (Lipinski definition) is 0. The lowest BCUT2D eigenvalue weighted by molar-refractivity contribution is -0.138. The summed E-state index contributed by atoms with van der Waals surface area (Å²) in [6.45, 7) is 5.04. The van der Waals surface area contributed by atoms with Crippen LogP contribution in [0.25, 0.3) is 22.7 Å². The Labute approximate surface area is 298 Å². The Hall–Kier alpha value is -5.87. The summed E-state index contributed by atoms with van der Waals surface area (Å²) in [5.74, 6) is 1.29. The van der Waals surface area contributed by atoms with Gasteiger partial charge in [0.25, 0.3) is 5.56 Å². The second kappa shape index (κ2) is 14.5. The van der Waals surface area contributed by atoms with E-state index in [0.29, 0.717) is 45.2 Å². The van der Waals surface area contributed by atoms with Crippen molar-refractivity contribution in [2.45, 2.75) is 26.4 Å². The minimum atomic E-state index is -0.914. The minimum Gasteiger partial charge on any atom is -0.497 e. The highest BCUT2D eigenvalue weighted by Crippen LogP contribution is 2.40. The van der Waals surface area contributed by atoms with Crippen LogP contribution in [-0.4, -0.2) is 42.5 Å². The van der Waals surface area contributed by atoms with Crippen molar-refractivity contribution < 1.29 is 23.7 Å². The van der Waals surface area contributed by atoms with Gasteiger partial charge in [-0.25, -0.2) is 9.79 Å². The molecule has 9 nitrogen and oxygen atoms in total. The molecule has 1 aliphatic heterocycles. The van der Waals surface area contributed by atoms with E-state index in [9.17, 15) is 9.59 Å². The fraction of sp³-hybridized carbons (Fsp3) is 0.195. The Balaban J connectivity index is 1.40. The molecule has 7 rings (SSSR count). The van der Waals surface area contributed by atoms with Crippen molar-refractivity contribution in [3.8, 4) is 17.2 Å². The van der Waals surface area contributed by atoms with E-state index in [1.807, 2.05) is 92.0 Å². The fourth-order valence-electron chi connectivity index (χ4n) is 6.40. The van der Waals surface area contributed by atoms with Gasteiger partial charge in [-0.1, -0.05) is 77.6 Å². The van der Waals surface area contributed by atoms with Crippen molar-refractivity contribution in [1.29, 1.82) is 0 Å². The maximum atomic E-state index is 14.6. The summed E-state index contributed by atoms with van der Waals surface area (Å²) in [7, 11) is 3.13. The van der Waals surface area contributed by atoms with Gasteiger partial charge in [0.1, 0.15) is 29.9 Å². The lowest BCUT2D eigenvalue weighted by atomic mass is 9.92. The molecular weight excluding hydrogens is 663 g/mol. The number of benzene rings is 4. The second-order valence-electron chi connectivity index (χ2n) is 12.0. The van der Waals surface area contributed by atoms with Crippen LogP contribution in [0.4, 0.5) is 0 Å². The summed E-state index contributed by atoms with van der Waals surface area (Å²) in [6.07, 6.45) is 3.95. The zero-order valence-electron chi connectivity index (χ0n) is 28.8. The molecule has 0 amide bonds. The second-order valence-corrected chi connectivity index (χ2v) is 13.0. The van der Waals surface area contributed by atoms with Gasteiger partial charge in [0, 0.05) is 33.8 Å². The topological polar surface area (TPSA) is 93.3 Å². The summed E-state index contributed by atoms with van der Waals surface area (Å²) in [6, 6.07) is 30.0. The number of esters is 1. The highest BCUT2D eigenvalue weighted by molar-refractivity contribution is 7.07. The van der Waals surface area contributed by atoms with Gasteiger partial charge >= 0.3 is 5.97 Å². The molecule has 258 valence electrons. The number of para-hydroxylation sites is 1. The maximum Gasteiger partial charge on any atom is 0.338 e. The van der Waals surface area contributed by atoms with E-state index >= 15 is 0 Å². The SMILES string of the molecule is CCOC(=O)C1=C(c2ccccc2)N=c2s/c(=C/c3cn(CCOc4ccc(C)cc4)c4ccccc34)c(=O)n2[C@@H]1c1cc(OC)ccc1OC. The molecular formula is C41H37N3O6S. The molecule has 4 aromatic carbocycles. The predicted molar refractivity (Wildman–Crippen MR) is 199 cm³/mol. The lowest BCUT2D eigenvalue weighted by Crippen LogP contribution is -2.40. The third kappa shape index (κ3) is 6.58. The van der Waals surface area contributed by atoms with Gasteiger partial charge in [0.2, 0.25) is 0 Å². The molecule has 3 heterocycles. The fourth-order valence-corrected chi connectivity index (χ4v) is 7.39. The van der Waals surface area contributed by atoms with Crippen LogP contribution >= 0.6 is 11.3 Å². The normalized spacial score (nSPS) is 14.3. The van der Waals surface area contributed by atoms with E-state index in [2.05, 4.69) is 10.6 Å². The first-order chi connectivity index (χ1) is 24.9. The van der Waals surface area contributed by atoms with Gasteiger partial charge in [0.05, 0.1) is 43.2 Å². The van der Waals surface area contributed by atoms with Gasteiger partial charge in [-0.3, -0.25) is 9.36 Å². The van der Waals surface area contributed by atoms with Gasteiger partial charge in [-0.05, 0) is 56.3 Å². The van der Waals surface area contributed by atoms with Crippen LogP contribution in [0.1, 0.15) is 35.2 Å². The zero-order chi connectivity index (χ0) is 35.5. The number of aryl methyl sites for hydroxylation is 1. The number of carbonyl (C=O) groups excluding carboxylic acids is 1. The van der Waals surface area contributed by atoms with Crippen LogP contribution in [0.3, 0.4) is 0 Å². The van der Waals surface area contributed by atoms with Crippen LogP contribution in [0.5, 0.6) is 17.2 Å². The molecule has 0 spiro atoms. The van der Waals surface area contributed by atoms with E-state index in [-0.39, 0.29) is 17.7 Å². The number of rotatable bonds is 11. The van der Waals surface area contributed by atoms with Crippen molar-refractivity contribution in [3.05, 3.63) is 151 Å². The number of nitrogens with zero attached hydrogens (tertiary/aromatic N) is 3. The van der Waals surface area contributed by atoms with Gasteiger partial charge in [-0.2, -0.15) is 0 Å². The summed E-state index contributed by atoms with van der Waals surface area (Å²) < 4.78 is 27.2. The highest BCUT2D eigenvalue weighted by atomic mass is 32.1. The highest BCUT2D eigenvalue weighted by Gasteiger charge is 2.37. The third-order valence-corrected chi connectivity index (χ3v) is 9.82. The van der Waals surface area contributed by atoms with Crippen molar-refractivity contribution in [1.82, 2.24) is 9.13 Å². The van der Waals surface area contributed by atoms with Crippen molar-refractivity contribution in [2.75, 3.05) is 27.4 Å². The van der Waals surface area contributed by atoms with Crippen molar-refractivity contribution in [2.24, 2.45) is 4.99 Å². The van der Waals surface area contributed by atoms with E-state index in [1.54, 1.807) is 43.9 Å². The monoisotopic (exact) mass is 699 g/mol. The molecule has 2 aromatic heterocycles. The van der Waals surface area contributed by atoms with Gasteiger partial charge in [-0.15, -0.1) is 0 Å². The molecule has 0 bridgehead atoms. The standard InChI is InChI=1S/C41H37N3O6S/c1-5-49-40(46)36-37(27-11-7-6-8-12-27)42-41-44(38(36)32-24-30(47-3)19-20-34(32)48-4)39(45)35(51-41)23-28-25-43(33-14-10-9-13-31(28)33)21-22-50-29-17-15-26(2)16-18-29/h6-20,23-25,38H,5,21-22H2,1-4H3/b35-23+/t38-/m1/s1. The van der Waals surface area contributed by atoms with Crippen LogP contribution < -0.4 is 29.1 Å². The minimum absolute atomic E-state index is 0.150. The molecule has 1 atom stereocenters. The quantitative estimate of drug-likeness (QED) is 0.148. The van der Waals surface area contributed by atoms with E-state index in [4.69, 9.17) is 23.9 Å². The molecule has 51 heavy (non-hydrogen) atoms. The molecule has 0 N–H and O–H groups in total. The van der Waals surface area contributed by atoms with E-state index < -0.39 is 12.0 Å². The average molecular weight is 700 g/mol. The first kappa shape index (κ1) is 33.6. The number of thiazole rings is 1. The van der Waals surface area contributed by atoms with Crippen molar-refractivity contribution in [3.63, 3.8) is 0 Å². The van der Waals surface area contributed by atoms with E-state index in [1.165, 1.54) is 16.9 Å². The summed E-state index contributed by atoms with van der Waals surface area (Å²) in [4.78, 5) is 34.0. The van der Waals surface area contributed by atoms with Gasteiger partial charge < -0.3 is 23.5 Å². The lowest BCUT2D eigenvalue weighted by Gasteiger charge is -2.27. The first-order valence-electron chi connectivity index (χ1n) is 16.7. The number of aromatic nitrogens is 2. The number of hydrogen-bond acceptors (Lipinski definition) is 8. The molecule has 0 radical (unpaired) electrons. The molecule has 0 fully saturated rings. The van der Waals surface area contributed by atoms with Crippen LogP contribution in [-0.2, 0) is 16.1 Å². The average Bonchev–Trinajstić information content (AvgIpc) is 3.67. The summed E-state index contributed by atoms with van der Waals surface area (Å²) in [5.41, 5.74) is 4.76. The summed E-state index contributed by atoms with van der Waals surface area (Å²) in [5, 5.41) is 1.00. The molecule has 10 heteroatoms. The molecule has 1 aliphatic rings.